The summed E-state index contributed by atoms with van der Waals surface area (Å²) in [7, 11) is 1.86. The Morgan fingerprint density at radius 1 is 1.64 bits per heavy atom. The van der Waals surface area contributed by atoms with Gasteiger partial charge in [-0.15, -0.1) is 10.2 Å². The number of ether oxygens (including phenoxy) is 1. The van der Waals surface area contributed by atoms with Crippen molar-refractivity contribution in [2.45, 2.75) is 10.8 Å². The number of rotatable bonds is 4. The smallest absolute Gasteiger partial charge is 0.206 e. The topological polar surface area (TPSA) is 47.0 Å². The van der Waals surface area contributed by atoms with Crippen LogP contribution < -0.4 is 5.32 Å². The van der Waals surface area contributed by atoms with Gasteiger partial charge in [-0.2, -0.15) is 0 Å². The maximum atomic E-state index is 5.31. The summed E-state index contributed by atoms with van der Waals surface area (Å²) >= 11 is 3.38. The number of aromatic nitrogens is 2. The molecule has 78 valence electrons. The highest BCUT2D eigenvalue weighted by Gasteiger charge is 2.16. The molecule has 1 aliphatic heterocycles. The van der Waals surface area contributed by atoms with E-state index in [1.165, 1.54) is 6.42 Å². The molecule has 1 N–H and O–H groups in total. The van der Waals surface area contributed by atoms with Crippen LogP contribution in [0.4, 0.5) is 5.13 Å². The largest absolute Gasteiger partial charge is 0.381 e. The van der Waals surface area contributed by atoms with E-state index in [1.54, 1.807) is 23.1 Å². The molecule has 1 aliphatic rings. The summed E-state index contributed by atoms with van der Waals surface area (Å²) in [6, 6.07) is 0. The lowest BCUT2D eigenvalue weighted by Gasteiger charge is -2.02. The third kappa shape index (κ3) is 2.59. The van der Waals surface area contributed by atoms with Crippen molar-refractivity contribution in [1.29, 1.82) is 0 Å². The standard InChI is InChI=1S/C8H13N3OS2/c1-9-7-10-11-8(14-7)13-5-6-2-3-12-4-6/h6H,2-5H2,1H3,(H,9,10). The molecule has 0 amide bonds. The number of nitrogens with zero attached hydrogens (tertiary/aromatic N) is 2. The minimum Gasteiger partial charge on any atom is -0.381 e. The van der Waals surface area contributed by atoms with Crippen LogP contribution in [0, 0.1) is 5.92 Å². The Bertz CT molecular complexity index is 286. The van der Waals surface area contributed by atoms with Gasteiger partial charge >= 0.3 is 0 Å². The summed E-state index contributed by atoms with van der Waals surface area (Å²) in [6.07, 6.45) is 1.19. The lowest BCUT2D eigenvalue weighted by molar-refractivity contribution is 0.189. The van der Waals surface area contributed by atoms with Gasteiger partial charge < -0.3 is 10.1 Å². The van der Waals surface area contributed by atoms with Crippen molar-refractivity contribution < 1.29 is 4.74 Å². The number of hydrogen-bond acceptors (Lipinski definition) is 6. The van der Waals surface area contributed by atoms with Crippen molar-refractivity contribution in [2.24, 2.45) is 5.92 Å². The Balaban J connectivity index is 1.79. The zero-order chi connectivity index (χ0) is 9.80. The van der Waals surface area contributed by atoms with Crippen molar-refractivity contribution in [3.63, 3.8) is 0 Å². The minimum absolute atomic E-state index is 0.696. The second-order valence-electron chi connectivity index (χ2n) is 3.16. The molecule has 2 heterocycles. The molecule has 6 heteroatoms. The average molecular weight is 231 g/mol. The first-order valence-corrected chi connectivity index (χ1v) is 6.40. The Morgan fingerprint density at radius 2 is 2.57 bits per heavy atom. The molecule has 0 saturated carbocycles. The van der Waals surface area contributed by atoms with Crippen molar-refractivity contribution in [3.8, 4) is 0 Å². The lowest BCUT2D eigenvalue weighted by atomic mass is 10.2. The van der Waals surface area contributed by atoms with Crippen LogP contribution in [0.5, 0.6) is 0 Å². The highest BCUT2D eigenvalue weighted by Crippen LogP contribution is 2.28. The van der Waals surface area contributed by atoms with Crippen molar-refractivity contribution in [3.05, 3.63) is 0 Å². The molecule has 0 radical (unpaired) electrons. The first-order valence-electron chi connectivity index (χ1n) is 4.60. The highest BCUT2D eigenvalue weighted by molar-refractivity contribution is 8.01. The number of hydrogen-bond donors (Lipinski definition) is 1. The number of thioether (sulfide) groups is 1. The SMILES string of the molecule is CNc1nnc(SCC2CCOC2)s1. The van der Waals surface area contributed by atoms with Crippen LogP contribution in [0.3, 0.4) is 0 Å². The molecule has 0 aliphatic carbocycles. The molecule has 1 fully saturated rings. The molecular weight excluding hydrogens is 218 g/mol. The van der Waals surface area contributed by atoms with Crippen LogP contribution in [0.15, 0.2) is 4.34 Å². The fraction of sp³-hybridized carbons (Fsp3) is 0.750. The van der Waals surface area contributed by atoms with Gasteiger partial charge in [0.25, 0.3) is 0 Å². The first kappa shape index (κ1) is 10.2. The third-order valence-electron chi connectivity index (χ3n) is 2.09. The van der Waals surface area contributed by atoms with E-state index >= 15 is 0 Å². The molecule has 0 spiro atoms. The van der Waals surface area contributed by atoms with Crippen molar-refractivity contribution >= 4 is 28.2 Å². The van der Waals surface area contributed by atoms with E-state index in [9.17, 15) is 0 Å². The number of anilines is 1. The van der Waals surface area contributed by atoms with Crippen molar-refractivity contribution in [1.82, 2.24) is 10.2 Å². The molecule has 14 heavy (non-hydrogen) atoms. The molecule has 2 rings (SSSR count). The zero-order valence-electron chi connectivity index (χ0n) is 8.02. The van der Waals surface area contributed by atoms with Gasteiger partial charge in [0.2, 0.25) is 5.13 Å². The minimum atomic E-state index is 0.696. The van der Waals surface area contributed by atoms with Gasteiger partial charge in [-0.25, -0.2) is 0 Å². The van der Waals surface area contributed by atoms with Crippen molar-refractivity contribution in [2.75, 3.05) is 31.3 Å². The van der Waals surface area contributed by atoms with Gasteiger partial charge in [0.05, 0.1) is 6.61 Å². The summed E-state index contributed by atoms with van der Waals surface area (Å²) in [5.41, 5.74) is 0. The molecule has 0 aromatic carbocycles. The molecule has 1 aromatic rings. The molecule has 1 unspecified atom stereocenters. The van der Waals surface area contributed by atoms with Gasteiger partial charge in [0.1, 0.15) is 0 Å². The Hall–Kier alpha value is -0.330. The van der Waals surface area contributed by atoms with E-state index in [0.29, 0.717) is 5.92 Å². The fourth-order valence-corrected chi connectivity index (χ4v) is 3.12. The predicted molar refractivity (Wildman–Crippen MR) is 59.1 cm³/mol. The van der Waals surface area contributed by atoms with E-state index in [1.807, 2.05) is 7.05 Å². The van der Waals surface area contributed by atoms with Gasteiger partial charge in [-0.3, -0.25) is 0 Å². The fourth-order valence-electron chi connectivity index (χ4n) is 1.27. The summed E-state index contributed by atoms with van der Waals surface area (Å²) in [5, 5.41) is 11.9. The van der Waals surface area contributed by atoms with E-state index in [2.05, 4.69) is 15.5 Å². The van der Waals surface area contributed by atoms with Crippen LogP contribution >= 0.6 is 23.1 Å². The van der Waals surface area contributed by atoms with Gasteiger partial charge in [-0.05, 0) is 12.3 Å². The molecular formula is C8H13N3OS2. The summed E-state index contributed by atoms with van der Waals surface area (Å²) in [6.45, 7) is 1.83. The van der Waals surface area contributed by atoms with Crippen LogP contribution in [-0.2, 0) is 4.74 Å². The Morgan fingerprint density at radius 3 is 3.21 bits per heavy atom. The van der Waals surface area contributed by atoms with E-state index in [0.717, 1.165) is 28.4 Å². The van der Waals surface area contributed by atoms with Crippen LogP contribution in [0.25, 0.3) is 0 Å². The van der Waals surface area contributed by atoms with Gasteiger partial charge in [-0.1, -0.05) is 23.1 Å². The van der Waals surface area contributed by atoms with E-state index in [-0.39, 0.29) is 0 Å². The Labute approximate surface area is 91.4 Å². The highest BCUT2D eigenvalue weighted by atomic mass is 32.2. The molecule has 1 atom stereocenters. The predicted octanol–water partition coefficient (Wildman–Crippen LogP) is 1.71. The van der Waals surface area contributed by atoms with Gasteiger partial charge in [0.15, 0.2) is 4.34 Å². The normalized spacial score (nSPS) is 21.4. The van der Waals surface area contributed by atoms with Crippen LogP contribution in [0.1, 0.15) is 6.42 Å². The van der Waals surface area contributed by atoms with E-state index in [4.69, 9.17) is 4.74 Å². The molecule has 1 saturated heterocycles. The summed E-state index contributed by atoms with van der Waals surface area (Å²) in [4.78, 5) is 0. The monoisotopic (exact) mass is 231 g/mol. The second-order valence-corrected chi connectivity index (χ2v) is 5.41. The first-order chi connectivity index (χ1) is 6.88. The number of nitrogens with one attached hydrogen (secondary N) is 1. The summed E-state index contributed by atoms with van der Waals surface area (Å²) in [5.74, 6) is 1.79. The second kappa shape index (κ2) is 4.95. The third-order valence-corrected chi connectivity index (χ3v) is 4.39. The molecule has 0 bridgehead atoms. The average Bonchev–Trinajstić information content (AvgIpc) is 2.86. The molecule has 4 nitrogen and oxygen atoms in total. The van der Waals surface area contributed by atoms with Crippen LogP contribution in [0.2, 0.25) is 0 Å². The molecule has 1 aromatic heterocycles. The Kier molecular flexibility index (Phi) is 3.61. The maximum Gasteiger partial charge on any atom is 0.206 e. The summed E-state index contributed by atoms with van der Waals surface area (Å²) < 4.78 is 6.36. The zero-order valence-corrected chi connectivity index (χ0v) is 9.66. The van der Waals surface area contributed by atoms with Crippen LogP contribution in [-0.4, -0.2) is 36.2 Å². The quantitative estimate of drug-likeness (QED) is 0.799. The lowest BCUT2D eigenvalue weighted by Crippen LogP contribution is -2.01. The van der Waals surface area contributed by atoms with Gasteiger partial charge in [0, 0.05) is 19.4 Å². The maximum absolute atomic E-state index is 5.31. The van der Waals surface area contributed by atoms with E-state index < -0.39 is 0 Å².